The summed E-state index contributed by atoms with van der Waals surface area (Å²) in [5, 5.41) is 1.07. The Hall–Kier alpha value is -1.88. The van der Waals surface area contributed by atoms with Crippen molar-refractivity contribution in [3.63, 3.8) is 0 Å². The van der Waals surface area contributed by atoms with E-state index in [1.807, 2.05) is 17.9 Å². The summed E-state index contributed by atoms with van der Waals surface area (Å²) in [4.78, 5) is 22.5. The fraction of sp³-hybridized carbons (Fsp3) is 0.444. The first kappa shape index (κ1) is 16.0. The number of aromatic nitrogens is 1. The number of anilines is 1. The van der Waals surface area contributed by atoms with Crippen molar-refractivity contribution in [2.45, 2.75) is 33.2 Å². The molecule has 4 nitrogen and oxygen atoms in total. The molecule has 0 saturated heterocycles. The molecule has 0 N–H and O–H groups in total. The molecule has 0 unspecified atom stereocenters. The summed E-state index contributed by atoms with van der Waals surface area (Å²) in [7, 11) is 2.09. The van der Waals surface area contributed by atoms with Gasteiger partial charge in [-0.15, -0.1) is 11.3 Å². The van der Waals surface area contributed by atoms with Crippen LogP contribution >= 0.6 is 11.3 Å². The third kappa shape index (κ3) is 3.24. The lowest BCUT2D eigenvalue weighted by Crippen LogP contribution is -2.34. The number of rotatable bonds is 3. The minimum absolute atomic E-state index is 0.118. The van der Waals surface area contributed by atoms with Crippen LogP contribution in [-0.2, 0) is 13.0 Å². The number of aryl methyl sites for hydroxylation is 2. The van der Waals surface area contributed by atoms with Crippen LogP contribution in [0.3, 0.4) is 0 Å². The first-order valence-electron chi connectivity index (χ1n) is 8.14. The molecular formula is C18H23N3OS. The molecule has 1 aromatic carbocycles. The molecular weight excluding hydrogens is 306 g/mol. The van der Waals surface area contributed by atoms with E-state index in [1.54, 1.807) is 11.3 Å². The number of amides is 1. The first-order valence-corrected chi connectivity index (χ1v) is 8.96. The zero-order valence-corrected chi connectivity index (χ0v) is 14.8. The third-order valence-electron chi connectivity index (χ3n) is 4.26. The Kier molecular flexibility index (Phi) is 4.66. The van der Waals surface area contributed by atoms with Crippen LogP contribution in [0.1, 0.15) is 39.3 Å². The van der Waals surface area contributed by atoms with Crippen LogP contribution in [0.15, 0.2) is 24.3 Å². The van der Waals surface area contributed by atoms with Crippen LogP contribution < -0.4 is 4.90 Å². The minimum Gasteiger partial charge on any atom is -0.373 e. The lowest BCUT2D eigenvalue weighted by atomic mass is 10.1. The molecule has 0 radical (unpaired) electrons. The molecule has 1 amide bonds. The fourth-order valence-corrected chi connectivity index (χ4v) is 4.12. The Labute approximate surface area is 141 Å². The van der Waals surface area contributed by atoms with Gasteiger partial charge in [0.15, 0.2) is 0 Å². The zero-order valence-electron chi connectivity index (χ0n) is 14.0. The van der Waals surface area contributed by atoms with E-state index >= 15 is 0 Å². The number of nitrogens with zero attached hydrogens (tertiary/aromatic N) is 3. The van der Waals surface area contributed by atoms with Crippen molar-refractivity contribution in [3.05, 3.63) is 45.4 Å². The lowest BCUT2D eigenvalue weighted by molar-refractivity contribution is 0.0755. The van der Waals surface area contributed by atoms with Crippen LogP contribution in [0.2, 0.25) is 0 Å². The maximum absolute atomic E-state index is 13.0. The van der Waals surface area contributed by atoms with E-state index in [9.17, 15) is 4.79 Å². The summed E-state index contributed by atoms with van der Waals surface area (Å²) in [6, 6.07) is 8.33. The summed E-state index contributed by atoms with van der Waals surface area (Å²) in [5.74, 6) is 0.118. The smallest absolute Gasteiger partial charge is 0.266 e. The molecule has 1 aliphatic rings. The fourth-order valence-electron chi connectivity index (χ4n) is 2.98. The van der Waals surface area contributed by atoms with Crippen molar-refractivity contribution in [2.24, 2.45) is 0 Å². The van der Waals surface area contributed by atoms with Gasteiger partial charge >= 0.3 is 0 Å². The first-order chi connectivity index (χ1) is 11.1. The molecule has 0 fully saturated rings. The van der Waals surface area contributed by atoms with Crippen LogP contribution in [0, 0.1) is 6.92 Å². The van der Waals surface area contributed by atoms with Gasteiger partial charge in [-0.3, -0.25) is 4.79 Å². The predicted octanol–water partition coefficient (Wildman–Crippen LogP) is 3.50. The summed E-state index contributed by atoms with van der Waals surface area (Å²) in [6.45, 7) is 6.34. The number of hydrogen-bond donors (Lipinski definition) is 0. The van der Waals surface area contributed by atoms with Gasteiger partial charge in [0.2, 0.25) is 0 Å². The number of para-hydroxylation sites is 1. The van der Waals surface area contributed by atoms with Gasteiger partial charge in [0.1, 0.15) is 4.88 Å². The van der Waals surface area contributed by atoms with Crippen LogP contribution in [0.25, 0.3) is 0 Å². The Morgan fingerprint density at radius 1 is 1.30 bits per heavy atom. The van der Waals surface area contributed by atoms with Gasteiger partial charge in [-0.2, -0.15) is 0 Å². The van der Waals surface area contributed by atoms with Gasteiger partial charge in [0.25, 0.3) is 5.91 Å². The summed E-state index contributed by atoms with van der Waals surface area (Å²) in [6.07, 6.45) is 2.01. The molecule has 23 heavy (non-hydrogen) atoms. The summed E-state index contributed by atoms with van der Waals surface area (Å²) in [5.41, 5.74) is 3.29. The molecule has 3 rings (SSSR count). The van der Waals surface area contributed by atoms with E-state index in [0.717, 1.165) is 41.5 Å². The highest BCUT2D eigenvalue weighted by atomic mass is 32.1. The Bertz CT molecular complexity index is 710. The van der Waals surface area contributed by atoms with Gasteiger partial charge in [-0.25, -0.2) is 4.98 Å². The Morgan fingerprint density at radius 3 is 2.87 bits per heavy atom. The lowest BCUT2D eigenvalue weighted by Gasteiger charge is -2.20. The molecule has 122 valence electrons. The summed E-state index contributed by atoms with van der Waals surface area (Å²) >= 11 is 1.56. The maximum atomic E-state index is 13.0. The molecule has 0 bridgehead atoms. The highest BCUT2D eigenvalue weighted by Gasteiger charge is 2.25. The largest absolute Gasteiger partial charge is 0.373 e. The van der Waals surface area contributed by atoms with Gasteiger partial charge in [-0.1, -0.05) is 25.1 Å². The van der Waals surface area contributed by atoms with Crippen LogP contribution in [0.5, 0.6) is 0 Å². The number of thiazole rings is 1. The standard InChI is InChI=1S/C18H23N3OS/c1-4-7-16-19-13(2)17(23-16)18(22)21-11-10-20(3)15-9-6-5-8-14(15)12-21/h5-6,8-9H,4,7,10-12H2,1-3H3. The highest BCUT2D eigenvalue weighted by molar-refractivity contribution is 7.13. The maximum Gasteiger partial charge on any atom is 0.266 e. The van der Waals surface area contributed by atoms with Gasteiger partial charge in [-0.05, 0) is 31.4 Å². The predicted molar refractivity (Wildman–Crippen MR) is 95.3 cm³/mol. The van der Waals surface area contributed by atoms with E-state index in [1.165, 1.54) is 11.3 Å². The van der Waals surface area contributed by atoms with Gasteiger partial charge < -0.3 is 9.80 Å². The Balaban J connectivity index is 1.86. The van der Waals surface area contributed by atoms with Crippen molar-refractivity contribution in [3.8, 4) is 0 Å². The molecule has 0 saturated carbocycles. The molecule has 2 heterocycles. The van der Waals surface area contributed by atoms with Gasteiger partial charge in [0.05, 0.1) is 10.7 Å². The minimum atomic E-state index is 0.118. The number of likely N-dealkylation sites (N-methyl/N-ethyl adjacent to an activating group) is 1. The van der Waals surface area contributed by atoms with Crippen LogP contribution in [-0.4, -0.2) is 35.9 Å². The molecule has 1 aromatic heterocycles. The molecule has 0 spiro atoms. The normalized spacial score (nSPS) is 14.6. The van der Waals surface area contributed by atoms with Crippen molar-refractivity contribution >= 4 is 22.9 Å². The van der Waals surface area contributed by atoms with E-state index in [4.69, 9.17) is 0 Å². The molecule has 2 aromatic rings. The number of carbonyl (C=O) groups excluding carboxylic acids is 1. The number of hydrogen-bond acceptors (Lipinski definition) is 4. The second-order valence-corrected chi connectivity index (χ2v) is 7.13. The summed E-state index contributed by atoms with van der Waals surface area (Å²) < 4.78 is 0. The number of fused-ring (bicyclic) bond motifs is 1. The highest BCUT2D eigenvalue weighted by Crippen LogP contribution is 2.27. The molecule has 5 heteroatoms. The topological polar surface area (TPSA) is 36.4 Å². The van der Waals surface area contributed by atoms with E-state index in [-0.39, 0.29) is 5.91 Å². The monoisotopic (exact) mass is 329 g/mol. The molecule has 0 atom stereocenters. The van der Waals surface area contributed by atoms with Crippen molar-refractivity contribution in [1.29, 1.82) is 0 Å². The average Bonchev–Trinajstić information content (AvgIpc) is 2.82. The number of carbonyl (C=O) groups is 1. The SMILES string of the molecule is CCCc1nc(C)c(C(=O)N2CCN(C)c3ccccc3C2)s1. The second-order valence-electron chi connectivity index (χ2n) is 6.05. The van der Waals surface area contributed by atoms with E-state index in [0.29, 0.717) is 6.54 Å². The average molecular weight is 329 g/mol. The molecule has 0 aliphatic carbocycles. The van der Waals surface area contributed by atoms with E-state index in [2.05, 4.69) is 42.1 Å². The van der Waals surface area contributed by atoms with Crippen molar-refractivity contribution < 1.29 is 4.79 Å². The zero-order chi connectivity index (χ0) is 16.4. The quantitative estimate of drug-likeness (QED) is 0.865. The van der Waals surface area contributed by atoms with Crippen molar-refractivity contribution in [2.75, 3.05) is 25.0 Å². The number of benzene rings is 1. The van der Waals surface area contributed by atoms with Gasteiger partial charge in [0, 0.05) is 32.4 Å². The van der Waals surface area contributed by atoms with Crippen LogP contribution in [0.4, 0.5) is 5.69 Å². The Morgan fingerprint density at radius 2 is 2.09 bits per heavy atom. The molecule has 1 aliphatic heterocycles. The van der Waals surface area contributed by atoms with Crippen molar-refractivity contribution in [1.82, 2.24) is 9.88 Å². The third-order valence-corrected chi connectivity index (χ3v) is 5.46. The van der Waals surface area contributed by atoms with E-state index < -0.39 is 0 Å². The second kappa shape index (κ2) is 6.71.